The van der Waals surface area contributed by atoms with Gasteiger partial charge in [-0.05, 0) is 43.3 Å². The summed E-state index contributed by atoms with van der Waals surface area (Å²) in [6, 6.07) is 12.8. The van der Waals surface area contributed by atoms with Crippen molar-refractivity contribution in [3.63, 3.8) is 0 Å². The zero-order valence-electron chi connectivity index (χ0n) is 15.9. The number of anilines is 2. The van der Waals surface area contributed by atoms with E-state index in [0.29, 0.717) is 34.5 Å². The van der Waals surface area contributed by atoms with E-state index in [1.165, 1.54) is 0 Å². The van der Waals surface area contributed by atoms with Gasteiger partial charge in [-0.1, -0.05) is 29.3 Å². The fraction of sp³-hybridized carbons (Fsp3) is 0.238. The van der Waals surface area contributed by atoms with Crippen molar-refractivity contribution >= 4 is 40.5 Å². The van der Waals surface area contributed by atoms with Gasteiger partial charge in [0.2, 0.25) is 0 Å². The van der Waals surface area contributed by atoms with E-state index in [9.17, 15) is 4.79 Å². The van der Waals surface area contributed by atoms with Gasteiger partial charge in [-0.2, -0.15) is 5.10 Å². The number of rotatable bonds is 4. The van der Waals surface area contributed by atoms with Gasteiger partial charge in [0.15, 0.2) is 0 Å². The van der Waals surface area contributed by atoms with Gasteiger partial charge in [0.05, 0.1) is 52.8 Å². The molecule has 8 heteroatoms. The first-order chi connectivity index (χ1) is 14.0. The summed E-state index contributed by atoms with van der Waals surface area (Å²) in [7, 11) is 0. The van der Waals surface area contributed by atoms with Crippen LogP contribution in [0.15, 0.2) is 48.7 Å². The summed E-state index contributed by atoms with van der Waals surface area (Å²) in [4.78, 5) is 15.1. The van der Waals surface area contributed by atoms with Gasteiger partial charge in [-0.25, -0.2) is 4.68 Å². The molecule has 150 valence electrons. The number of carbonyl (C=O) groups is 1. The van der Waals surface area contributed by atoms with Crippen LogP contribution in [0, 0.1) is 6.92 Å². The number of ether oxygens (including phenoxy) is 1. The summed E-state index contributed by atoms with van der Waals surface area (Å²) < 4.78 is 7.14. The standard InChI is InChI=1S/C21H20Cl2N4O2/c1-14-17(13-24-27(14)16-7-5-15(22)6-8-16)21(28)25-19-4-2-3-18(23)20(19)26-9-11-29-12-10-26/h2-8,13H,9-12H2,1H3,(H,25,28). The normalized spacial score (nSPS) is 14.1. The number of nitrogens with one attached hydrogen (secondary N) is 1. The van der Waals surface area contributed by atoms with Crippen LogP contribution in [0.25, 0.3) is 5.69 Å². The van der Waals surface area contributed by atoms with Crippen molar-refractivity contribution in [3.05, 3.63) is 70.0 Å². The Morgan fingerprint density at radius 1 is 1.10 bits per heavy atom. The summed E-state index contributed by atoms with van der Waals surface area (Å²) >= 11 is 12.4. The Kier molecular flexibility index (Phi) is 5.76. The Balaban J connectivity index is 1.61. The number of para-hydroxylation sites is 1. The number of halogens is 2. The van der Waals surface area contributed by atoms with Crippen molar-refractivity contribution < 1.29 is 9.53 Å². The summed E-state index contributed by atoms with van der Waals surface area (Å²) in [5, 5.41) is 8.61. The molecular formula is C21H20Cl2N4O2. The molecule has 0 saturated carbocycles. The maximum absolute atomic E-state index is 13.0. The molecule has 2 aromatic carbocycles. The number of hydrogen-bond donors (Lipinski definition) is 1. The molecule has 1 saturated heterocycles. The van der Waals surface area contributed by atoms with E-state index in [1.54, 1.807) is 23.0 Å². The number of morpholine rings is 1. The second-order valence-corrected chi connectivity index (χ2v) is 7.57. The highest BCUT2D eigenvalue weighted by Gasteiger charge is 2.21. The Hall–Kier alpha value is -2.54. The lowest BCUT2D eigenvalue weighted by Gasteiger charge is -2.31. The van der Waals surface area contributed by atoms with Gasteiger partial charge >= 0.3 is 0 Å². The number of hydrogen-bond acceptors (Lipinski definition) is 4. The van der Waals surface area contributed by atoms with Crippen LogP contribution in [0.3, 0.4) is 0 Å². The molecule has 0 radical (unpaired) electrons. The third-order valence-electron chi connectivity index (χ3n) is 4.89. The van der Waals surface area contributed by atoms with E-state index in [-0.39, 0.29) is 5.91 Å². The van der Waals surface area contributed by atoms with Crippen molar-refractivity contribution in [2.75, 3.05) is 36.5 Å². The maximum Gasteiger partial charge on any atom is 0.259 e. The zero-order valence-corrected chi connectivity index (χ0v) is 17.4. The SMILES string of the molecule is Cc1c(C(=O)Nc2cccc(Cl)c2N2CCOCC2)cnn1-c1ccc(Cl)cc1. The third kappa shape index (κ3) is 4.10. The lowest BCUT2D eigenvalue weighted by atomic mass is 10.2. The molecule has 3 aromatic rings. The average molecular weight is 431 g/mol. The molecule has 1 amide bonds. The molecule has 0 bridgehead atoms. The van der Waals surface area contributed by atoms with Crippen molar-refractivity contribution in [2.45, 2.75) is 6.92 Å². The predicted octanol–water partition coefficient (Wildman–Crippen LogP) is 4.58. The van der Waals surface area contributed by atoms with Crippen LogP contribution < -0.4 is 10.2 Å². The molecule has 29 heavy (non-hydrogen) atoms. The second-order valence-electron chi connectivity index (χ2n) is 6.72. The lowest BCUT2D eigenvalue weighted by Crippen LogP contribution is -2.37. The van der Waals surface area contributed by atoms with Crippen molar-refractivity contribution in [3.8, 4) is 5.69 Å². The average Bonchev–Trinajstić information content (AvgIpc) is 3.11. The molecule has 4 rings (SSSR count). The Morgan fingerprint density at radius 2 is 1.83 bits per heavy atom. The van der Waals surface area contributed by atoms with Gasteiger partial charge in [-0.3, -0.25) is 4.79 Å². The van der Waals surface area contributed by atoms with Crippen LogP contribution in [0.1, 0.15) is 16.1 Å². The second kappa shape index (κ2) is 8.45. The van der Waals surface area contributed by atoms with Crippen LogP contribution >= 0.6 is 23.2 Å². The number of amides is 1. The quantitative estimate of drug-likeness (QED) is 0.657. The van der Waals surface area contributed by atoms with E-state index >= 15 is 0 Å². The number of aromatic nitrogens is 2. The number of carbonyl (C=O) groups excluding carboxylic acids is 1. The van der Waals surface area contributed by atoms with Crippen LogP contribution in [-0.2, 0) is 4.74 Å². The molecule has 1 aliphatic heterocycles. The van der Waals surface area contributed by atoms with Gasteiger partial charge in [0, 0.05) is 18.1 Å². The van der Waals surface area contributed by atoms with Crippen molar-refractivity contribution in [1.82, 2.24) is 9.78 Å². The van der Waals surface area contributed by atoms with Crippen LogP contribution in [0.2, 0.25) is 10.0 Å². The number of benzene rings is 2. The zero-order chi connectivity index (χ0) is 20.4. The van der Waals surface area contributed by atoms with Gasteiger partial charge in [0.1, 0.15) is 0 Å². The molecule has 1 N–H and O–H groups in total. The molecule has 0 atom stereocenters. The molecule has 2 heterocycles. The van der Waals surface area contributed by atoms with Gasteiger partial charge < -0.3 is 15.0 Å². The summed E-state index contributed by atoms with van der Waals surface area (Å²) in [5.41, 5.74) is 3.55. The molecule has 1 aromatic heterocycles. The summed E-state index contributed by atoms with van der Waals surface area (Å²) in [6.07, 6.45) is 1.57. The fourth-order valence-electron chi connectivity index (χ4n) is 3.39. The topological polar surface area (TPSA) is 59.4 Å². The molecule has 0 aliphatic carbocycles. The predicted molar refractivity (Wildman–Crippen MR) is 116 cm³/mol. The molecule has 0 spiro atoms. The lowest BCUT2D eigenvalue weighted by molar-refractivity contribution is 0.102. The molecular weight excluding hydrogens is 411 g/mol. The first kappa shape index (κ1) is 19.8. The summed E-state index contributed by atoms with van der Waals surface area (Å²) in [6.45, 7) is 4.56. The van der Waals surface area contributed by atoms with Crippen LogP contribution in [0.5, 0.6) is 0 Å². The smallest absolute Gasteiger partial charge is 0.259 e. The van der Waals surface area contributed by atoms with E-state index in [4.69, 9.17) is 27.9 Å². The molecule has 1 fully saturated rings. The van der Waals surface area contributed by atoms with E-state index in [0.717, 1.165) is 30.2 Å². The van der Waals surface area contributed by atoms with Gasteiger partial charge in [-0.15, -0.1) is 0 Å². The first-order valence-corrected chi connectivity index (χ1v) is 10.0. The largest absolute Gasteiger partial charge is 0.378 e. The van der Waals surface area contributed by atoms with E-state index in [1.807, 2.05) is 37.3 Å². The summed E-state index contributed by atoms with van der Waals surface area (Å²) in [5.74, 6) is -0.237. The van der Waals surface area contributed by atoms with Crippen molar-refractivity contribution in [2.24, 2.45) is 0 Å². The number of nitrogens with zero attached hydrogens (tertiary/aromatic N) is 3. The minimum absolute atomic E-state index is 0.237. The Bertz CT molecular complexity index is 1030. The molecule has 1 aliphatic rings. The van der Waals surface area contributed by atoms with Crippen molar-refractivity contribution in [1.29, 1.82) is 0 Å². The maximum atomic E-state index is 13.0. The van der Waals surface area contributed by atoms with E-state index in [2.05, 4.69) is 15.3 Å². The van der Waals surface area contributed by atoms with E-state index < -0.39 is 0 Å². The minimum Gasteiger partial charge on any atom is -0.378 e. The van der Waals surface area contributed by atoms with Crippen LogP contribution in [0.4, 0.5) is 11.4 Å². The highest BCUT2D eigenvalue weighted by molar-refractivity contribution is 6.34. The van der Waals surface area contributed by atoms with Crippen LogP contribution in [-0.4, -0.2) is 42.0 Å². The highest BCUT2D eigenvalue weighted by Crippen LogP contribution is 2.35. The minimum atomic E-state index is -0.237. The molecule has 0 unspecified atom stereocenters. The molecule has 6 nitrogen and oxygen atoms in total. The Morgan fingerprint density at radius 3 is 2.55 bits per heavy atom. The highest BCUT2D eigenvalue weighted by atomic mass is 35.5. The third-order valence-corrected chi connectivity index (χ3v) is 5.44. The van der Waals surface area contributed by atoms with Gasteiger partial charge in [0.25, 0.3) is 5.91 Å². The fourth-order valence-corrected chi connectivity index (χ4v) is 3.81. The first-order valence-electron chi connectivity index (χ1n) is 9.27. The monoisotopic (exact) mass is 430 g/mol. The Labute approximate surface area is 179 Å².